The van der Waals surface area contributed by atoms with Crippen LogP contribution in [0.4, 0.5) is 0 Å². The molecule has 0 bridgehead atoms. The van der Waals surface area contributed by atoms with E-state index in [0.717, 1.165) is 26.2 Å². The Bertz CT molecular complexity index is 227. The van der Waals surface area contributed by atoms with Crippen LogP contribution in [0.5, 0.6) is 0 Å². The number of nitrogens with one attached hydrogen (secondary N) is 1. The van der Waals surface area contributed by atoms with E-state index in [1.54, 1.807) is 0 Å². The third-order valence-electron chi connectivity index (χ3n) is 2.19. The summed E-state index contributed by atoms with van der Waals surface area (Å²) in [5, 5.41) is 10.2. The smallest absolute Gasteiger partial charge is 0.137 e. The second-order valence-corrected chi connectivity index (χ2v) is 4.98. The molecule has 0 aliphatic carbocycles. The Hall–Kier alpha value is -0.330. The normalized spacial score (nSPS) is 18.2. The fourth-order valence-electron chi connectivity index (χ4n) is 1.28. The van der Waals surface area contributed by atoms with Crippen molar-refractivity contribution in [2.24, 2.45) is 0 Å². The van der Waals surface area contributed by atoms with Gasteiger partial charge in [0.05, 0.1) is 39.2 Å². The predicted octanol–water partition coefficient (Wildman–Crippen LogP) is -2.42. The number of hydrogen-bond acceptors (Lipinski definition) is 4. The second kappa shape index (κ2) is 5.53. The summed E-state index contributed by atoms with van der Waals surface area (Å²) in [5.74, 6) is -1.10. The first-order valence-corrected chi connectivity index (χ1v) is 5.92. The van der Waals surface area contributed by atoms with Crippen LogP contribution in [-0.4, -0.2) is 54.2 Å². The van der Waals surface area contributed by atoms with Crippen molar-refractivity contribution in [1.29, 1.82) is 0 Å². The van der Waals surface area contributed by atoms with Gasteiger partial charge in [-0.2, -0.15) is 0 Å². The van der Waals surface area contributed by atoms with Gasteiger partial charge in [-0.05, 0) is 0 Å². The molecule has 0 unspecified atom stereocenters. The zero-order valence-electron chi connectivity index (χ0n) is 8.12. The van der Waals surface area contributed by atoms with Gasteiger partial charge in [-0.15, -0.1) is 0 Å². The maximum absolute atomic E-state index is 10.2. The van der Waals surface area contributed by atoms with E-state index in [9.17, 15) is 9.90 Å². The first-order chi connectivity index (χ1) is 6.59. The molecule has 1 saturated heterocycles. The zero-order chi connectivity index (χ0) is 10.6. The number of aliphatic carboxylic acids is 1. The number of carbonyl (C=O) groups excluding carboxylic acids is 1. The lowest BCUT2D eigenvalue weighted by Gasteiger charge is -2.31. The van der Waals surface area contributed by atoms with Gasteiger partial charge < -0.3 is 19.7 Å². The molecule has 0 amide bonds. The summed E-state index contributed by atoms with van der Waals surface area (Å²) < 4.78 is 0.682. The minimum atomic E-state index is -1.06. The largest absolute Gasteiger partial charge is 0.549 e. The fourth-order valence-corrected chi connectivity index (χ4v) is 2.25. The van der Waals surface area contributed by atoms with Gasteiger partial charge in [0.25, 0.3) is 0 Å². The first-order valence-electron chi connectivity index (χ1n) is 4.52. The lowest BCUT2D eigenvalue weighted by Crippen LogP contribution is -3.12. The Labute approximate surface area is 93.2 Å². The van der Waals surface area contributed by atoms with E-state index in [0.29, 0.717) is 4.32 Å². The van der Waals surface area contributed by atoms with Gasteiger partial charge in [-0.3, -0.25) is 0 Å². The van der Waals surface area contributed by atoms with Crippen molar-refractivity contribution in [3.8, 4) is 0 Å². The molecule has 1 rings (SSSR count). The molecular formula is C8H14N2O2S2. The Morgan fingerprint density at radius 1 is 1.57 bits per heavy atom. The molecule has 0 aromatic heterocycles. The molecule has 0 aromatic rings. The molecule has 0 radical (unpaired) electrons. The van der Waals surface area contributed by atoms with Gasteiger partial charge in [0.1, 0.15) is 4.32 Å². The number of carboxylic acid groups (broad SMARTS) is 1. The van der Waals surface area contributed by atoms with E-state index in [2.05, 4.69) is 11.9 Å². The monoisotopic (exact) mass is 234 g/mol. The molecule has 1 N–H and O–H groups in total. The zero-order valence-corrected chi connectivity index (χ0v) is 9.75. The lowest BCUT2D eigenvalue weighted by atomic mass is 10.4. The summed E-state index contributed by atoms with van der Waals surface area (Å²) in [7, 11) is 2.15. The van der Waals surface area contributed by atoms with E-state index in [1.807, 2.05) is 0 Å². The van der Waals surface area contributed by atoms with Crippen molar-refractivity contribution >= 4 is 34.3 Å². The summed E-state index contributed by atoms with van der Waals surface area (Å²) in [6.45, 7) is 3.97. The average Bonchev–Trinajstić information content (AvgIpc) is 2.15. The van der Waals surface area contributed by atoms with Crippen LogP contribution >= 0.6 is 24.0 Å². The molecule has 0 aromatic carbocycles. The molecule has 1 fully saturated rings. The summed E-state index contributed by atoms with van der Waals surface area (Å²) in [6, 6.07) is 0. The molecule has 6 heteroatoms. The standard InChI is InChI=1S/C8H14N2O2S2/c1-9-2-4-10(5-3-9)8(13)14-6-7(11)12/h2-6H2,1H3,(H,11,12). The number of carboxylic acids is 1. The van der Waals surface area contributed by atoms with Gasteiger partial charge in [0, 0.05) is 5.75 Å². The highest BCUT2D eigenvalue weighted by atomic mass is 32.2. The van der Waals surface area contributed by atoms with Crippen LogP contribution in [0.2, 0.25) is 0 Å². The van der Waals surface area contributed by atoms with Crippen molar-refractivity contribution in [3.05, 3.63) is 0 Å². The quantitative estimate of drug-likeness (QED) is 0.539. The van der Waals surface area contributed by atoms with Gasteiger partial charge in [-0.1, -0.05) is 24.0 Å². The molecule has 0 saturated carbocycles. The molecule has 80 valence electrons. The van der Waals surface area contributed by atoms with Crippen molar-refractivity contribution in [2.75, 3.05) is 39.0 Å². The molecule has 1 heterocycles. The molecule has 1 aliphatic heterocycles. The highest BCUT2D eigenvalue weighted by Gasteiger charge is 2.18. The van der Waals surface area contributed by atoms with Gasteiger partial charge >= 0.3 is 0 Å². The number of rotatable bonds is 2. The van der Waals surface area contributed by atoms with Crippen LogP contribution in [-0.2, 0) is 4.79 Å². The highest BCUT2D eigenvalue weighted by molar-refractivity contribution is 8.23. The number of quaternary nitrogens is 1. The summed E-state index contributed by atoms with van der Waals surface area (Å²) in [5.41, 5.74) is 0. The number of likely N-dealkylation sites (N-methyl/N-ethyl adjacent to an activating group) is 1. The van der Waals surface area contributed by atoms with Gasteiger partial charge in [0.2, 0.25) is 0 Å². The minimum absolute atomic E-state index is 0.0436. The summed E-state index contributed by atoms with van der Waals surface area (Å²) in [6.07, 6.45) is 0. The van der Waals surface area contributed by atoms with Crippen LogP contribution in [0.3, 0.4) is 0 Å². The minimum Gasteiger partial charge on any atom is -0.549 e. The van der Waals surface area contributed by atoms with E-state index >= 15 is 0 Å². The molecule has 0 spiro atoms. The summed E-state index contributed by atoms with van der Waals surface area (Å²) in [4.78, 5) is 13.8. The van der Waals surface area contributed by atoms with Crippen LogP contribution in [0.15, 0.2) is 0 Å². The summed E-state index contributed by atoms with van der Waals surface area (Å²) >= 11 is 6.30. The Morgan fingerprint density at radius 2 is 2.14 bits per heavy atom. The van der Waals surface area contributed by atoms with Gasteiger partial charge in [0.15, 0.2) is 0 Å². The molecular weight excluding hydrogens is 220 g/mol. The fraction of sp³-hybridized carbons (Fsp3) is 0.750. The van der Waals surface area contributed by atoms with Crippen molar-refractivity contribution in [1.82, 2.24) is 4.90 Å². The number of hydrogen-bond donors (Lipinski definition) is 1. The molecule has 0 atom stereocenters. The third-order valence-corrected chi connectivity index (χ3v) is 3.69. The highest BCUT2D eigenvalue weighted by Crippen LogP contribution is 2.08. The number of thiocarbonyl (C=S) groups is 1. The van der Waals surface area contributed by atoms with Crippen LogP contribution in [0.1, 0.15) is 0 Å². The maximum atomic E-state index is 10.2. The Balaban J connectivity index is 2.27. The number of carbonyl (C=O) groups is 1. The topological polar surface area (TPSA) is 47.8 Å². The average molecular weight is 234 g/mol. The third kappa shape index (κ3) is 3.81. The lowest BCUT2D eigenvalue weighted by molar-refractivity contribution is -0.883. The number of nitrogens with zero attached hydrogens (tertiary/aromatic N) is 1. The van der Waals surface area contributed by atoms with E-state index in [-0.39, 0.29) is 5.75 Å². The van der Waals surface area contributed by atoms with Gasteiger partial charge in [-0.25, -0.2) is 0 Å². The second-order valence-electron chi connectivity index (χ2n) is 3.37. The van der Waals surface area contributed by atoms with Crippen LogP contribution in [0.25, 0.3) is 0 Å². The Kier molecular flexibility index (Phi) is 4.64. The van der Waals surface area contributed by atoms with Crippen molar-refractivity contribution in [3.63, 3.8) is 0 Å². The number of piperazine rings is 1. The van der Waals surface area contributed by atoms with E-state index in [1.165, 1.54) is 16.7 Å². The van der Waals surface area contributed by atoms with Crippen molar-refractivity contribution in [2.45, 2.75) is 0 Å². The first kappa shape index (κ1) is 11.7. The van der Waals surface area contributed by atoms with Crippen LogP contribution in [0, 0.1) is 0 Å². The van der Waals surface area contributed by atoms with Crippen LogP contribution < -0.4 is 10.0 Å². The SMILES string of the molecule is C[NH+]1CCN(C(=S)SCC(=O)[O-])CC1. The number of thioether (sulfide) groups is 1. The maximum Gasteiger partial charge on any atom is 0.137 e. The molecule has 4 nitrogen and oxygen atoms in total. The predicted molar refractivity (Wildman–Crippen MR) is 58.3 cm³/mol. The molecule has 14 heavy (non-hydrogen) atoms. The molecule has 1 aliphatic rings. The van der Waals surface area contributed by atoms with E-state index < -0.39 is 5.97 Å². The van der Waals surface area contributed by atoms with Crippen molar-refractivity contribution < 1.29 is 14.8 Å². The Morgan fingerprint density at radius 3 is 2.64 bits per heavy atom. The van der Waals surface area contributed by atoms with E-state index in [4.69, 9.17) is 12.2 Å².